The van der Waals surface area contributed by atoms with Crippen molar-refractivity contribution in [3.8, 4) is 27.9 Å². The van der Waals surface area contributed by atoms with Crippen LogP contribution in [0.1, 0.15) is 0 Å². The first-order chi connectivity index (χ1) is 22.7. The first-order valence-corrected chi connectivity index (χ1v) is 16.6. The highest BCUT2D eigenvalue weighted by Gasteiger charge is 2.20. The van der Waals surface area contributed by atoms with Crippen LogP contribution in [0.5, 0.6) is 0 Å². The van der Waals surface area contributed by atoms with Crippen LogP contribution in [0.4, 0.5) is 0 Å². The normalized spacial score (nSPS) is 12.0. The van der Waals surface area contributed by atoms with Crippen molar-refractivity contribution >= 4 is 86.9 Å². The van der Waals surface area contributed by atoms with Crippen LogP contribution < -0.4 is 0 Å². The largest absolute Gasteiger partial charge is 0.455 e. The fraction of sp³-hybridized carbons (Fsp3) is 0. The summed E-state index contributed by atoms with van der Waals surface area (Å²) < 4.78 is 11.5. The number of hydrogen-bond acceptors (Lipinski definition) is 2. The molecule has 0 saturated heterocycles. The van der Waals surface area contributed by atoms with E-state index in [9.17, 15) is 0 Å². The molecule has 0 N–H and O–H groups in total. The lowest BCUT2D eigenvalue weighted by Gasteiger charge is -2.11. The third-order valence-electron chi connectivity index (χ3n) is 9.28. The monoisotopic (exact) mass is 625 g/mol. The molecule has 0 fully saturated rings. The van der Waals surface area contributed by atoms with Crippen LogP contribution in [0.25, 0.3) is 91.9 Å². The van der Waals surface area contributed by atoms with E-state index in [0.717, 1.165) is 60.3 Å². The fourth-order valence-corrected chi connectivity index (χ4v) is 8.69. The number of para-hydroxylation sites is 3. The minimum absolute atomic E-state index is 0.786. The van der Waals surface area contributed by atoms with Crippen LogP contribution in [-0.4, -0.2) is 4.57 Å². The van der Waals surface area contributed by atoms with Crippen molar-refractivity contribution < 1.29 is 4.42 Å². The molecule has 0 bridgehead atoms. The van der Waals surface area contributed by atoms with E-state index in [-0.39, 0.29) is 0 Å². The van der Waals surface area contributed by atoms with Crippen molar-refractivity contribution in [1.82, 2.24) is 4.57 Å². The molecule has 4 heteroatoms. The van der Waals surface area contributed by atoms with Crippen LogP contribution in [0, 0.1) is 0 Å². The van der Waals surface area contributed by atoms with Gasteiger partial charge in [0.15, 0.2) is 0 Å². The van der Waals surface area contributed by atoms with Gasteiger partial charge in [-0.3, -0.25) is 0 Å². The highest BCUT2D eigenvalue weighted by molar-refractivity contribution is 7.26. The van der Waals surface area contributed by atoms with Gasteiger partial charge in [-0.1, -0.05) is 96.5 Å². The van der Waals surface area contributed by atoms with Crippen molar-refractivity contribution in [2.75, 3.05) is 0 Å². The Balaban J connectivity index is 1.24. The molecule has 216 valence electrons. The summed E-state index contributed by atoms with van der Waals surface area (Å²) >= 11 is 8.50. The summed E-state index contributed by atoms with van der Waals surface area (Å²) in [5.74, 6) is 0. The number of benzene rings is 7. The Morgan fingerprint density at radius 2 is 1.24 bits per heavy atom. The zero-order valence-electron chi connectivity index (χ0n) is 24.5. The van der Waals surface area contributed by atoms with Gasteiger partial charge < -0.3 is 8.98 Å². The van der Waals surface area contributed by atoms with Crippen molar-refractivity contribution in [3.05, 3.63) is 151 Å². The van der Waals surface area contributed by atoms with E-state index >= 15 is 0 Å². The van der Waals surface area contributed by atoms with Gasteiger partial charge in [-0.05, 0) is 77.4 Å². The van der Waals surface area contributed by atoms with Gasteiger partial charge in [0, 0.05) is 58.0 Å². The first-order valence-electron chi connectivity index (χ1n) is 15.4. The molecule has 0 spiro atoms. The lowest BCUT2D eigenvalue weighted by molar-refractivity contribution is 0.670. The third-order valence-corrected chi connectivity index (χ3v) is 10.7. The average molecular weight is 626 g/mol. The summed E-state index contributed by atoms with van der Waals surface area (Å²) in [6.07, 6.45) is 0. The molecule has 0 unspecified atom stereocenters. The Bertz CT molecular complexity index is 2820. The number of hydrogen-bond donors (Lipinski definition) is 0. The van der Waals surface area contributed by atoms with Gasteiger partial charge >= 0.3 is 0 Å². The molecule has 0 aliphatic carbocycles. The minimum atomic E-state index is 0.786. The summed E-state index contributed by atoms with van der Waals surface area (Å²) in [4.78, 5) is 0. The summed E-state index contributed by atoms with van der Waals surface area (Å²) in [7, 11) is 0. The van der Waals surface area contributed by atoms with Crippen molar-refractivity contribution in [1.29, 1.82) is 0 Å². The Labute approximate surface area is 273 Å². The summed E-state index contributed by atoms with van der Waals surface area (Å²) in [5, 5.41) is 7.81. The Morgan fingerprint density at radius 3 is 2.15 bits per heavy atom. The van der Waals surface area contributed by atoms with E-state index in [1.807, 2.05) is 18.2 Å². The number of thiophene rings is 1. The zero-order chi connectivity index (χ0) is 30.4. The zero-order valence-corrected chi connectivity index (χ0v) is 26.1. The van der Waals surface area contributed by atoms with Crippen LogP contribution in [0.3, 0.4) is 0 Å². The molecule has 3 aromatic heterocycles. The number of aromatic nitrogens is 1. The maximum atomic E-state index is 6.72. The summed E-state index contributed by atoms with van der Waals surface area (Å²) in [6, 6.07) is 51.8. The number of halogens is 1. The Morgan fingerprint density at radius 1 is 0.500 bits per heavy atom. The molecule has 0 amide bonds. The van der Waals surface area contributed by atoms with Gasteiger partial charge in [0.25, 0.3) is 0 Å². The first kappa shape index (κ1) is 25.9. The summed E-state index contributed by atoms with van der Waals surface area (Å²) in [5.41, 5.74) is 9.81. The Kier molecular flexibility index (Phi) is 5.54. The maximum Gasteiger partial charge on any atom is 0.143 e. The van der Waals surface area contributed by atoms with Gasteiger partial charge in [-0.25, -0.2) is 0 Å². The lowest BCUT2D eigenvalue weighted by Crippen LogP contribution is -1.93. The van der Waals surface area contributed by atoms with E-state index in [2.05, 4.69) is 132 Å². The van der Waals surface area contributed by atoms with Gasteiger partial charge in [-0.2, -0.15) is 0 Å². The van der Waals surface area contributed by atoms with E-state index in [1.54, 1.807) is 11.3 Å². The van der Waals surface area contributed by atoms with Crippen molar-refractivity contribution in [3.63, 3.8) is 0 Å². The van der Waals surface area contributed by atoms with Crippen molar-refractivity contribution in [2.24, 2.45) is 0 Å². The molecule has 0 aliphatic heterocycles. The van der Waals surface area contributed by atoms with Gasteiger partial charge in [0.2, 0.25) is 0 Å². The molecule has 10 aromatic rings. The molecule has 0 aliphatic rings. The molecular formula is C42H24ClNOS. The number of furan rings is 1. The standard InChI is InChI=1S/C42H24ClNOS/c43-34-13-8-16-39-41(34)33-23-25(18-22-38(33)46-39)29-21-20-28(40-32-12-5-7-15-37(32)45-42(29)40)26-17-19-31-30-11-4-6-14-35(30)44(36(31)24-26)27-9-2-1-3-10-27/h1-24H. The highest BCUT2D eigenvalue weighted by atomic mass is 35.5. The SMILES string of the molecule is Clc1cccc2sc3ccc(-c4ccc(-c5ccc6c7ccccc7n(-c7ccccc7)c6c5)c5c4oc4ccccc45)cc3c12. The summed E-state index contributed by atoms with van der Waals surface area (Å²) in [6.45, 7) is 0. The number of nitrogens with zero attached hydrogens (tertiary/aromatic N) is 1. The van der Waals surface area contributed by atoms with E-state index in [1.165, 1.54) is 36.6 Å². The van der Waals surface area contributed by atoms with Gasteiger partial charge in [0.1, 0.15) is 11.2 Å². The molecular weight excluding hydrogens is 602 g/mol. The second kappa shape index (κ2) is 9.82. The molecule has 7 aromatic carbocycles. The predicted octanol–water partition coefficient (Wildman–Crippen LogP) is 13.0. The molecule has 0 radical (unpaired) electrons. The Hall–Kier alpha value is -5.35. The molecule has 10 rings (SSSR count). The third kappa shape index (κ3) is 3.70. The van der Waals surface area contributed by atoms with Gasteiger partial charge in [0.05, 0.1) is 11.0 Å². The molecule has 0 saturated carbocycles. The maximum absolute atomic E-state index is 6.72. The number of fused-ring (bicyclic) bond motifs is 9. The fourth-order valence-electron chi connectivity index (χ4n) is 7.24. The smallest absolute Gasteiger partial charge is 0.143 e. The number of rotatable bonds is 3. The van der Waals surface area contributed by atoms with Gasteiger partial charge in [-0.15, -0.1) is 11.3 Å². The second-order valence-electron chi connectivity index (χ2n) is 11.8. The van der Waals surface area contributed by atoms with E-state index < -0.39 is 0 Å². The van der Waals surface area contributed by atoms with Crippen LogP contribution in [-0.2, 0) is 0 Å². The van der Waals surface area contributed by atoms with Crippen LogP contribution in [0.15, 0.2) is 150 Å². The highest BCUT2D eigenvalue weighted by Crippen LogP contribution is 2.45. The molecule has 46 heavy (non-hydrogen) atoms. The van der Waals surface area contributed by atoms with Crippen LogP contribution in [0.2, 0.25) is 5.02 Å². The lowest BCUT2D eigenvalue weighted by atomic mass is 9.93. The topological polar surface area (TPSA) is 18.1 Å². The van der Waals surface area contributed by atoms with E-state index in [0.29, 0.717) is 0 Å². The molecule has 3 heterocycles. The van der Waals surface area contributed by atoms with Crippen molar-refractivity contribution in [2.45, 2.75) is 0 Å². The van der Waals surface area contributed by atoms with E-state index in [4.69, 9.17) is 16.0 Å². The van der Waals surface area contributed by atoms with Crippen LogP contribution >= 0.6 is 22.9 Å². The predicted molar refractivity (Wildman–Crippen MR) is 197 cm³/mol. The molecule has 2 nitrogen and oxygen atoms in total. The average Bonchev–Trinajstić information content (AvgIpc) is 3.78. The molecule has 0 atom stereocenters. The second-order valence-corrected chi connectivity index (χ2v) is 13.3. The quantitative estimate of drug-likeness (QED) is 0.191. The minimum Gasteiger partial charge on any atom is -0.455 e.